The normalized spacial score (nSPS) is 10.5. The fourth-order valence-corrected chi connectivity index (χ4v) is 1.94. The van der Waals surface area contributed by atoms with Crippen molar-refractivity contribution in [3.05, 3.63) is 48.0 Å². The Morgan fingerprint density at radius 3 is 2.90 bits per heavy atom. The van der Waals surface area contributed by atoms with Crippen LogP contribution in [0, 0.1) is 0 Å². The summed E-state index contributed by atoms with van der Waals surface area (Å²) in [6.07, 6.45) is 3.13. The minimum absolute atomic E-state index is 0.0240. The maximum absolute atomic E-state index is 12.5. The summed E-state index contributed by atoms with van der Waals surface area (Å²) in [6.45, 7) is 1.99. The van der Waals surface area contributed by atoms with E-state index in [1.165, 1.54) is 6.33 Å². The first-order valence-electron chi connectivity index (χ1n) is 6.52. The standard InChI is InChI=1S/C14H19N5O/c1-15-7-8-18(2)14(20)13-6-4-3-5-12(13)9-19-11-16-10-17-19/h3-6,10-11,15H,7-9H2,1-2H3. The summed E-state index contributed by atoms with van der Waals surface area (Å²) in [6, 6.07) is 7.60. The fraction of sp³-hybridized carbons (Fsp3) is 0.357. The Labute approximate surface area is 118 Å². The molecular weight excluding hydrogens is 254 g/mol. The highest BCUT2D eigenvalue weighted by Crippen LogP contribution is 2.12. The minimum Gasteiger partial charge on any atom is -0.340 e. The van der Waals surface area contributed by atoms with Crippen molar-refractivity contribution in [3.8, 4) is 0 Å². The molecule has 0 aliphatic carbocycles. The van der Waals surface area contributed by atoms with E-state index in [4.69, 9.17) is 0 Å². The van der Waals surface area contributed by atoms with E-state index >= 15 is 0 Å². The molecule has 0 unspecified atom stereocenters. The number of carbonyl (C=O) groups is 1. The van der Waals surface area contributed by atoms with Gasteiger partial charge < -0.3 is 10.2 Å². The summed E-state index contributed by atoms with van der Waals surface area (Å²) in [5.41, 5.74) is 1.65. The highest BCUT2D eigenvalue weighted by molar-refractivity contribution is 5.95. The van der Waals surface area contributed by atoms with Crippen LogP contribution >= 0.6 is 0 Å². The molecule has 0 aliphatic rings. The molecule has 0 radical (unpaired) electrons. The van der Waals surface area contributed by atoms with Crippen molar-refractivity contribution >= 4 is 5.91 Å². The molecule has 0 saturated heterocycles. The van der Waals surface area contributed by atoms with Crippen LogP contribution in [0.1, 0.15) is 15.9 Å². The van der Waals surface area contributed by atoms with Gasteiger partial charge in [-0.3, -0.25) is 4.79 Å². The summed E-state index contributed by atoms with van der Waals surface area (Å²) in [7, 11) is 3.68. The monoisotopic (exact) mass is 273 g/mol. The number of nitrogens with zero attached hydrogens (tertiary/aromatic N) is 4. The van der Waals surface area contributed by atoms with Crippen molar-refractivity contribution in [1.29, 1.82) is 0 Å². The fourth-order valence-electron chi connectivity index (χ4n) is 1.94. The lowest BCUT2D eigenvalue weighted by molar-refractivity contribution is 0.0795. The number of amides is 1. The topological polar surface area (TPSA) is 63.1 Å². The molecule has 6 nitrogen and oxygen atoms in total. The molecule has 0 atom stereocenters. The maximum atomic E-state index is 12.5. The Morgan fingerprint density at radius 1 is 1.40 bits per heavy atom. The van der Waals surface area contributed by atoms with Crippen molar-refractivity contribution in [1.82, 2.24) is 25.0 Å². The van der Waals surface area contributed by atoms with E-state index in [1.807, 2.05) is 38.4 Å². The van der Waals surface area contributed by atoms with Crippen molar-refractivity contribution in [2.75, 3.05) is 27.2 Å². The van der Waals surface area contributed by atoms with Crippen LogP contribution in [0.2, 0.25) is 0 Å². The van der Waals surface area contributed by atoms with E-state index in [9.17, 15) is 4.79 Å². The van der Waals surface area contributed by atoms with Crippen LogP contribution in [-0.2, 0) is 6.54 Å². The summed E-state index contributed by atoms with van der Waals surface area (Å²) < 4.78 is 1.71. The lowest BCUT2D eigenvalue weighted by Gasteiger charge is -2.18. The summed E-state index contributed by atoms with van der Waals surface area (Å²) in [5.74, 6) is 0.0240. The second-order valence-corrected chi connectivity index (χ2v) is 4.58. The second-order valence-electron chi connectivity index (χ2n) is 4.58. The lowest BCUT2D eigenvalue weighted by Crippen LogP contribution is -2.33. The van der Waals surface area contributed by atoms with Gasteiger partial charge in [-0.05, 0) is 18.7 Å². The van der Waals surface area contributed by atoms with E-state index in [-0.39, 0.29) is 5.91 Å². The Bertz CT molecular complexity index is 552. The van der Waals surface area contributed by atoms with Crippen molar-refractivity contribution in [2.24, 2.45) is 0 Å². The van der Waals surface area contributed by atoms with Crippen LogP contribution in [0.4, 0.5) is 0 Å². The first kappa shape index (κ1) is 14.2. The zero-order valence-electron chi connectivity index (χ0n) is 11.8. The molecule has 2 aromatic rings. The Morgan fingerprint density at radius 2 is 2.20 bits per heavy atom. The van der Waals surface area contributed by atoms with Crippen LogP contribution in [0.5, 0.6) is 0 Å². The third-order valence-corrected chi connectivity index (χ3v) is 3.09. The van der Waals surface area contributed by atoms with Gasteiger partial charge in [0.15, 0.2) is 0 Å². The molecule has 1 aromatic carbocycles. The predicted octanol–water partition coefficient (Wildman–Crippen LogP) is 0.618. The van der Waals surface area contributed by atoms with Crippen LogP contribution in [0.3, 0.4) is 0 Å². The van der Waals surface area contributed by atoms with Gasteiger partial charge in [0.1, 0.15) is 12.7 Å². The number of rotatable bonds is 6. The molecule has 106 valence electrons. The van der Waals surface area contributed by atoms with E-state index < -0.39 is 0 Å². The van der Waals surface area contributed by atoms with Gasteiger partial charge in [-0.15, -0.1) is 0 Å². The third-order valence-electron chi connectivity index (χ3n) is 3.09. The van der Waals surface area contributed by atoms with Gasteiger partial charge in [0.05, 0.1) is 6.54 Å². The zero-order valence-corrected chi connectivity index (χ0v) is 11.8. The molecule has 0 spiro atoms. The number of carbonyl (C=O) groups excluding carboxylic acids is 1. The molecule has 1 aromatic heterocycles. The largest absolute Gasteiger partial charge is 0.340 e. The van der Waals surface area contributed by atoms with E-state index in [0.29, 0.717) is 18.7 Å². The minimum atomic E-state index is 0.0240. The summed E-state index contributed by atoms with van der Waals surface area (Å²) in [4.78, 5) is 18.1. The SMILES string of the molecule is CNCCN(C)C(=O)c1ccccc1Cn1cncn1. The number of likely N-dealkylation sites (N-methyl/N-ethyl adjacent to an activating group) is 2. The molecule has 0 saturated carbocycles. The Hall–Kier alpha value is -2.21. The van der Waals surface area contributed by atoms with Crippen molar-refractivity contribution < 1.29 is 4.79 Å². The predicted molar refractivity (Wildman–Crippen MR) is 76.5 cm³/mol. The van der Waals surface area contributed by atoms with Crippen LogP contribution in [0.25, 0.3) is 0 Å². The molecule has 20 heavy (non-hydrogen) atoms. The third kappa shape index (κ3) is 3.42. The van der Waals surface area contributed by atoms with Gasteiger partial charge in [0, 0.05) is 25.7 Å². The number of nitrogens with one attached hydrogen (secondary N) is 1. The van der Waals surface area contributed by atoms with Crippen LogP contribution < -0.4 is 5.32 Å². The molecule has 2 rings (SSSR count). The Kier molecular flexibility index (Phi) is 4.84. The summed E-state index contributed by atoms with van der Waals surface area (Å²) >= 11 is 0. The quantitative estimate of drug-likeness (QED) is 0.838. The van der Waals surface area contributed by atoms with Crippen LogP contribution in [-0.4, -0.2) is 52.8 Å². The van der Waals surface area contributed by atoms with E-state index in [1.54, 1.807) is 15.9 Å². The molecule has 0 fully saturated rings. The van der Waals surface area contributed by atoms with Gasteiger partial charge in [-0.25, -0.2) is 9.67 Å². The first-order valence-corrected chi connectivity index (χ1v) is 6.52. The average Bonchev–Trinajstić information content (AvgIpc) is 2.97. The van der Waals surface area contributed by atoms with Crippen molar-refractivity contribution in [3.63, 3.8) is 0 Å². The van der Waals surface area contributed by atoms with Crippen LogP contribution in [0.15, 0.2) is 36.9 Å². The van der Waals surface area contributed by atoms with E-state index in [2.05, 4.69) is 15.4 Å². The Balaban J connectivity index is 2.16. The number of aromatic nitrogens is 3. The molecular formula is C14H19N5O. The lowest BCUT2D eigenvalue weighted by atomic mass is 10.1. The van der Waals surface area contributed by atoms with Gasteiger partial charge >= 0.3 is 0 Å². The number of benzene rings is 1. The molecule has 1 amide bonds. The highest BCUT2D eigenvalue weighted by Gasteiger charge is 2.15. The molecule has 6 heteroatoms. The molecule has 1 heterocycles. The van der Waals surface area contributed by atoms with Crippen molar-refractivity contribution in [2.45, 2.75) is 6.54 Å². The maximum Gasteiger partial charge on any atom is 0.253 e. The smallest absolute Gasteiger partial charge is 0.253 e. The zero-order chi connectivity index (χ0) is 14.4. The molecule has 0 aliphatic heterocycles. The number of hydrogen-bond donors (Lipinski definition) is 1. The highest BCUT2D eigenvalue weighted by atomic mass is 16.2. The van der Waals surface area contributed by atoms with E-state index in [0.717, 1.165) is 12.1 Å². The summed E-state index contributed by atoms with van der Waals surface area (Å²) in [5, 5.41) is 7.12. The second kappa shape index (κ2) is 6.81. The molecule has 0 bridgehead atoms. The first-order chi connectivity index (χ1) is 9.72. The van der Waals surface area contributed by atoms with Gasteiger partial charge in [-0.1, -0.05) is 18.2 Å². The van der Waals surface area contributed by atoms with Gasteiger partial charge in [0.2, 0.25) is 0 Å². The molecule has 1 N–H and O–H groups in total. The number of hydrogen-bond acceptors (Lipinski definition) is 4. The average molecular weight is 273 g/mol. The van der Waals surface area contributed by atoms with Gasteiger partial charge in [-0.2, -0.15) is 5.10 Å². The van der Waals surface area contributed by atoms with Gasteiger partial charge in [0.25, 0.3) is 5.91 Å².